The summed E-state index contributed by atoms with van der Waals surface area (Å²) in [6.45, 7) is 8.00. The Morgan fingerprint density at radius 1 is 1.14 bits per heavy atom. The van der Waals surface area contributed by atoms with Crippen LogP contribution in [0.4, 0.5) is 11.4 Å². The quantitative estimate of drug-likeness (QED) is 0.127. The van der Waals surface area contributed by atoms with Crippen molar-refractivity contribution in [2.24, 2.45) is 10.7 Å². The molecular formula is C33H42N6O4S. The summed E-state index contributed by atoms with van der Waals surface area (Å²) >= 11 is 0. The van der Waals surface area contributed by atoms with E-state index in [1.54, 1.807) is 31.5 Å². The fourth-order valence-corrected chi connectivity index (χ4v) is 7.57. The molecule has 2 atom stereocenters. The van der Waals surface area contributed by atoms with Crippen LogP contribution in [0, 0.1) is 13.8 Å². The zero-order valence-corrected chi connectivity index (χ0v) is 26.8. The molecule has 1 aliphatic rings. The summed E-state index contributed by atoms with van der Waals surface area (Å²) in [5.74, 6) is 1.41. The third kappa shape index (κ3) is 6.68. The number of ether oxygens (including phenoxy) is 1. The molecule has 2 aromatic heterocycles. The molecule has 234 valence electrons. The number of phenolic OH excluding ortho intramolecular Hbond substituents is 1. The van der Waals surface area contributed by atoms with Crippen molar-refractivity contribution in [3.63, 3.8) is 0 Å². The van der Waals surface area contributed by atoms with E-state index in [4.69, 9.17) is 20.6 Å². The van der Waals surface area contributed by atoms with E-state index >= 15 is 0 Å². The molecule has 1 fully saturated rings. The number of aromatic hydroxyl groups is 1. The van der Waals surface area contributed by atoms with Gasteiger partial charge in [-0.25, -0.2) is 22.6 Å². The number of benzene rings is 2. The van der Waals surface area contributed by atoms with Crippen molar-refractivity contribution in [2.45, 2.75) is 71.9 Å². The molecule has 1 saturated carbocycles. The number of aryl methyl sites for hydroxylation is 3. The minimum atomic E-state index is -3.31. The van der Waals surface area contributed by atoms with Crippen molar-refractivity contribution < 1.29 is 18.3 Å². The largest absolute Gasteiger partial charge is 0.508 e. The van der Waals surface area contributed by atoms with E-state index in [2.05, 4.69) is 30.0 Å². The highest BCUT2D eigenvalue weighted by Crippen LogP contribution is 2.36. The van der Waals surface area contributed by atoms with Gasteiger partial charge in [0.15, 0.2) is 0 Å². The number of nitrogens with two attached hydrogens (primary N) is 1. The Morgan fingerprint density at radius 3 is 2.55 bits per heavy atom. The minimum Gasteiger partial charge on any atom is -0.508 e. The summed E-state index contributed by atoms with van der Waals surface area (Å²) in [6.07, 6.45) is 7.17. The Morgan fingerprint density at radius 2 is 1.86 bits per heavy atom. The maximum Gasteiger partial charge on any atom is 0.211 e. The van der Waals surface area contributed by atoms with Crippen LogP contribution in [-0.2, 0) is 16.4 Å². The van der Waals surface area contributed by atoms with Crippen LogP contribution in [0.2, 0.25) is 0 Å². The Bertz CT molecular complexity index is 1790. The predicted molar refractivity (Wildman–Crippen MR) is 177 cm³/mol. The summed E-state index contributed by atoms with van der Waals surface area (Å²) in [5, 5.41) is 18.4. The number of nitrogens with one attached hydrogen (secondary N) is 2. The highest BCUT2D eigenvalue weighted by molar-refractivity contribution is 7.89. The lowest BCUT2D eigenvalue weighted by Crippen LogP contribution is -2.35. The van der Waals surface area contributed by atoms with Gasteiger partial charge in [0.1, 0.15) is 17.3 Å². The van der Waals surface area contributed by atoms with Crippen molar-refractivity contribution in [1.29, 1.82) is 0 Å². The number of anilines is 1. The number of aromatic nitrogens is 2. The molecule has 1 aliphatic carbocycles. The van der Waals surface area contributed by atoms with Gasteiger partial charge in [-0.1, -0.05) is 13.8 Å². The molecule has 0 spiro atoms. The zero-order chi connectivity index (χ0) is 31.6. The fourth-order valence-electron chi connectivity index (χ4n) is 6.20. The van der Waals surface area contributed by atoms with Gasteiger partial charge in [-0.3, -0.25) is 0 Å². The van der Waals surface area contributed by atoms with Crippen LogP contribution in [0.3, 0.4) is 0 Å². The Labute approximate surface area is 259 Å². The molecule has 5 N–H and O–H groups in total. The number of fused-ring (bicyclic) bond motifs is 1. The normalized spacial score (nSPS) is 17.3. The SMILES string of the molecule is CCCS(=O)(=O)N[C@H]1CC[C@@H](Nc2c(C(N)=Nc3ccc(O)cc3CC)cnn3cc(-c4c(C)cc(OC)cc4C)cc23)C1. The highest BCUT2D eigenvalue weighted by atomic mass is 32.2. The smallest absolute Gasteiger partial charge is 0.211 e. The Hall–Kier alpha value is -4.09. The monoisotopic (exact) mass is 618 g/mol. The van der Waals surface area contributed by atoms with Gasteiger partial charge in [0.25, 0.3) is 0 Å². The number of methoxy groups -OCH3 is 1. The molecule has 0 unspecified atom stereocenters. The van der Waals surface area contributed by atoms with Crippen molar-refractivity contribution in [3.8, 4) is 22.6 Å². The number of nitrogens with zero attached hydrogens (tertiary/aromatic N) is 3. The summed E-state index contributed by atoms with van der Waals surface area (Å²) in [7, 11) is -1.64. The number of aliphatic imine (C=N–C) groups is 1. The van der Waals surface area contributed by atoms with Crippen LogP contribution in [0.1, 0.15) is 61.8 Å². The summed E-state index contributed by atoms with van der Waals surface area (Å²) in [4.78, 5) is 4.77. The van der Waals surface area contributed by atoms with Gasteiger partial charge in [-0.2, -0.15) is 5.10 Å². The standard InChI is InChI=1S/C33H42N6O4S/c1-6-12-44(41,42)38-25-9-8-24(17-25)36-32-28(33(34)37-29-11-10-26(40)15-22(29)7-2)18-35-39-19-23(16-30(32)39)31-20(3)13-27(43-5)14-21(31)4/h10-11,13-16,18-19,24-25,36,38,40H,6-9,12,17H2,1-5H3,(H2,34,37)/t24-,25+/m1/s1. The van der Waals surface area contributed by atoms with Crippen LogP contribution in [0.15, 0.2) is 53.8 Å². The minimum absolute atomic E-state index is 0.0183. The molecule has 2 aromatic carbocycles. The second-order valence-electron chi connectivity index (χ2n) is 11.6. The van der Waals surface area contributed by atoms with Gasteiger partial charge < -0.3 is 20.9 Å². The first-order chi connectivity index (χ1) is 21.0. The first-order valence-electron chi connectivity index (χ1n) is 15.1. The number of sulfonamides is 1. The van der Waals surface area contributed by atoms with Gasteiger partial charge in [0, 0.05) is 23.8 Å². The first-order valence-corrected chi connectivity index (χ1v) is 16.8. The average molecular weight is 619 g/mol. The van der Waals surface area contributed by atoms with Crippen LogP contribution in [0.5, 0.6) is 11.5 Å². The third-order valence-corrected chi connectivity index (χ3v) is 9.87. The van der Waals surface area contributed by atoms with E-state index in [0.29, 0.717) is 36.3 Å². The third-order valence-electron chi connectivity index (χ3n) is 8.23. The summed E-state index contributed by atoms with van der Waals surface area (Å²) in [5.41, 5.74) is 14.8. The van der Waals surface area contributed by atoms with E-state index in [-0.39, 0.29) is 23.6 Å². The molecule has 0 radical (unpaired) electrons. The molecule has 0 amide bonds. The van der Waals surface area contributed by atoms with Crippen molar-refractivity contribution in [3.05, 3.63) is 71.0 Å². The van der Waals surface area contributed by atoms with Crippen LogP contribution in [0.25, 0.3) is 16.6 Å². The van der Waals surface area contributed by atoms with Gasteiger partial charge in [-0.05, 0) is 105 Å². The number of rotatable bonds is 11. The topological polar surface area (TPSA) is 143 Å². The van der Waals surface area contributed by atoms with E-state index in [0.717, 1.165) is 57.6 Å². The van der Waals surface area contributed by atoms with Crippen molar-refractivity contribution >= 4 is 32.8 Å². The molecule has 0 bridgehead atoms. The molecule has 0 aliphatic heterocycles. The molecule has 0 saturated heterocycles. The zero-order valence-electron chi connectivity index (χ0n) is 26.0. The number of amidine groups is 1. The lowest BCUT2D eigenvalue weighted by Gasteiger charge is -2.19. The Kier molecular flexibility index (Phi) is 9.17. The molecular weight excluding hydrogens is 576 g/mol. The lowest BCUT2D eigenvalue weighted by atomic mass is 9.97. The fraction of sp³-hybridized carbons (Fsp3) is 0.394. The molecule has 5 rings (SSSR count). The molecule has 44 heavy (non-hydrogen) atoms. The summed E-state index contributed by atoms with van der Waals surface area (Å²) < 4.78 is 35.1. The lowest BCUT2D eigenvalue weighted by molar-refractivity contribution is 0.414. The second kappa shape index (κ2) is 12.9. The van der Waals surface area contributed by atoms with Crippen LogP contribution < -0.4 is 20.5 Å². The van der Waals surface area contributed by atoms with Crippen molar-refractivity contribution in [1.82, 2.24) is 14.3 Å². The summed E-state index contributed by atoms with van der Waals surface area (Å²) in [6, 6.07) is 11.1. The van der Waals surface area contributed by atoms with E-state index in [9.17, 15) is 13.5 Å². The second-order valence-corrected chi connectivity index (χ2v) is 13.5. The number of hydrogen-bond donors (Lipinski definition) is 4. The van der Waals surface area contributed by atoms with E-state index < -0.39 is 10.0 Å². The number of phenols is 1. The number of hydrogen-bond acceptors (Lipinski definition) is 7. The molecule has 11 heteroatoms. The highest BCUT2D eigenvalue weighted by Gasteiger charge is 2.29. The molecule has 10 nitrogen and oxygen atoms in total. The van der Waals surface area contributed by atoms with Gasteiger partial charge >= 0.3 is 0 Å². The van der Waals surface area contributed by atoms with E-state index in [1.165, 1.54) is 0 Å². The van der Waals surface area contributed by atoms with E-state index in [1.807, 2.05) is 36.7 Å². The maximum absolute atomic E-state index is 12.5. The van der Waals surface area contributed by atoms with Gasteiger partial charge in [0.05, 0.1) is 41.5 Å². The van der Waals surface area contributed by atoms with Gasteiger partial charge in [-0.15, -0.1) is 0 Å². The first kappa shape index (κ1) is 31.3. The van der Waals surface area contributed by atoms with Crippen molar-refractivity contribution in [2.75, 3.05) is 18.2 Å². The molecule has 4 aromatic rings. The molecule has 2 heterocycles. The maximum atomic E-state index is 12.5. The van der Waals surface area contributed by atoms with Gasteiger partial charge in [0.2, 0.25) is 10.0 Å². The average Bonchev–Trinajstić information content (AvgIpc) is 3.59. The Balaban J connectivity index is 1.58. The predicted octanol–water partition coefficient (Wildman–Crippen LogP) is 5.59. The van der Waals surface area contributed by atoms with Crippen LogP contribution in [-0.4, -0.2) is 53.9 Å². The van der Waals surface area contributed by atoms with Crippen LogP contribution >= 0.6 is 0 Å².